The third-order valence-corrected chi connectivity index (χ3v) is 4.68. The summed E-state index contributed by atoms with van der Waals surface area (Å²) in [6.07, 6.45) is 3.81. The SMILES string of the molecule is Cc1ccc(CC(=O)N[C@@H]2CCc3nnc(-c4ccccc4)n3C2)cn1. The van der Waals surface area contributed by atoms with E-state index in [1.807, 2.05) is 49.4 Å². The molecule has 1 atom stereocenters. The Labute approximate surface area is 152 Å². The number of carbonyl (C=O) groups excluding carboxylic acids is 1. The van der Waals surface area contributed by atoms with Crippen LogP contribution in [0.2, 0.25) is 0 Å². The number of nitrogens with one attached hydrogen (secondary N) is 1. The molecule has 1 N–H and O–H groups in total. The first kappa shape index (κ1) is 16.4. The van der Waals surface area contributed by atoms with Gasteiger partial charge in [0.15, 0.2) is 5.82 Å². The van der Waals surface area contributed by atoms with Crippen LogP contribution in [0.15, 0.2) is 48.7 Å². The lowest BCUT2D eigenvalue weighted by molar-refractivity contribution is -0.121. The summed E-state index contributed by atoms with van der Waals surface area (Å²) in [7, 11) is 0. The molecule has 4 rings (SSSR count). The van der Waals surface area contributed by atoms with Gasteiger partial charge in [0.05, 0.1) is 6.42 Å². The minimum Gasteiger partial charge on any atom is -0.351 e. The molecule has 132 valence electrons. The van der Waals surface area contributed by atoms with E-state index in [0.29, 0.717) is 13.0 Å². The van der Waals surface area contributed by atoms with Gasteiger partial charge in [0.25, 0.3) is 0 Å². The van der Waals surface area contributed by atoms with E-state index in [1.54, 1.807) is 6.20 Å². The second-order valence-electron chi connectivity index (χ2n) is 6.70. The quantitative estimate of drug-likeness (QED) is 0.786. The Hall–Kier alpha value is -3.02. The Kier molecular flexibility index (Phi) is 4.48. The van der Waals surface area contributed by atoms with Crippen molar-refractivity contribution in [3.05, 3.63) is 65.7 Å². The van der Waals surface area contributed by atoms with Crippen LogP contribution in [0.4, 0.5) is 0 Å². The molecule has 0 spiro atoms. The van der Waals surface area contributed by atoms with Gasteiger partial charge in [-0.2, -0.15) is 0 Å². The highest BCUT2D eigenvalue weighted by molar-refractivity contribution is 5.78. The lowest BCUT2D eigenvalue weighted by Crippen LogP contribution is -2.41. The minimum absolute atomic E-state index is 0.0263. The van der Waals surface area contributed by atoms with Gasteiger partial charge in [-0.1, -0.05) is 36.4 Å². The average Bonchev–Trinajstić information content (AvgIpc) is 3.07. The molecular formula is C20H21N5O. The summed E-state index contributed by atoms with van der Waals surface area (Å²) in [5, 5.41) is 11.8. The molecule has 0 bridgehead atoms. The van der Waals surface area contributed by atoms with Crippen molar-refractivity contribution >= 4 is 5.91 Å². The highest BCUT2D eigenvalue weighted by atomic mass is 16.1. The summed E-state index contributed by atoms with van der Waals surface area (Å²) in [5.41, 5.74) is 2.93. The van der Waals surface area contributed by atoms with Crippen LogP contribution in [0.1, 0.15) is 23.5 Å². The standard InChI is InChI=1S/C20H21N5O/c1-14-7-8-15(12-21-14)11-19(26)22-17-9-10-18-23-24-20(25(18)13-17)16-5-3-2-4-6-16/h2-8,12,17H,9-11,13H2,1H3,(H,22,26)/t17-/m1/s1. The van der Waals surface area contributed by atoms with Gasteiger partial charge in [0.1, 0.15) is 5.82 Å². The third-order valence-electron chi connectivity index (χ3n) is 4.68. The summed E-state index contributed by atoms with van der Waals surface area (Å²) in [6.45, 7) is 2.64. The van der Waals surface area contributed by atoms with Gasteiger partial charge in [0, 0.05) is 36.5 Å². The summed E-state index contributed by atoms with van der Waals surface area (Å²) in [6, 6.07) is 14.0. The van der Waals surface area contributed by atoms with Crippen molar-refractivity contribution < 1.29 is 4.79 Å². The molecule has 0 saturated carbocycles. The smallest absolute Gasteiger partial charge is 0.224 e. The Morgan fingerprint density at radius 1 is 1.19 bits per heavy atom. The maximum atomic E-state index is 12.4. The number of amides is 1. The lowest BCUT2D eigenvalue weighted by atomic mass is 10.1. The zero-order valence-electron chi connectivity index (χ0n) is 14.7. The topological polar surface area (TPSA) is 72.7 Å². The van der Waals surface area contributed by atoms with E-state index >= 15 is 0 Å². The predicted molar refractivity (Wildman–Crippen MR) is 98.4 cm³/mol. The number of aromatic nitrogens is 4. The van der Waals surface area contributed by atoms with Crippen LogP contribution in [0.25, 0.3) is 11.4 Å². The molecule has 6 heteroatoms. The number of rotatable bonds is 4. The van der Waals surface area contributed by atoms with Crippen molar-refractivity contribution in [2.45, 2.75) is 38.8 Å². The highest BCUT2D eigenvalue weighted by Crippen LogP contribution is 2.22. The van der Waals surface area contributed by atoms with Crippen molar-refractivity contribution in [2.24, 2.45) is 0 Å². The van der Waals surface area contributed by atoms with Gasteiger partial charge in [-0.3, -0.25) is 9.78 Å². The monoisotopic (exact) mass is 347 g/mol. The van der Waals surface area contributed by atoms with Gasteiger partial charge in [0.2, 0.25) is 5.91 Å². The molecule has 1 aliphatic heterocycles. The number of fused-ring (bicyclic) bond motifs is 1. The first-order chi connectivity index (χ1) is 12.7. The maximum Gasteiger partial charge on any atom is 0.224 e. The van der Waals surface area contributed by atoms with E-state index in [1.165, 1.54) is 0 Å². The van der Waals surface area contributed by atoms with E-state index in [4.69, 9.17) is 0 Å². The van der Waals surface area contributed by atoms with Crippen molar-refractivity contribution in [1.82, 2.24) is 25.1 Å². The molecule has 1 aliphatic rings. The number of benzene rings is 1. The van der Waals surface area contributed by atoms with Gasteiger partial charge in [-0.05, 0) is 25.0 Å². The Bertz CT molecular complexity index is 902. The molecule has 1 amide bonds. The molecule has 2 aromatic heterocycles. The summed E-state index contributed by atoms with van der Waals surface area (Å²) in [5.74, 6) is 1.87. The molecule has 0 unspecified atom stereocenters. The van der Waals surface area contributed by atoms with Gasteiger partial charge in [-0.15, -0.1) is 10.2 Å². The number of nitrogens with zero attached hydrogens (tertiary/aromatic N) is 4. The Morgan fingerprint density at radius 3 is 2.81 bits per heavy atom. The molecule has 1 aromatic carbocycles. The highest BCUT2D eigenvalue weighted by Gasteiger charge is 2.24. The number of aryl methyl sites for hydroxylation is 2. The minimum atomic E-state index is 0.0263. The third kappa shape index (κ3) is 3.49. The summed E-state index contributed by atoms with van der Waals surface area (Å²) in [4.78, 5) is 16.6. The molecule has 3 aromatic rings. The fourth-order valence-electron chi connectivity index (χ4n) is 3.31. The molecule has 6 nitrogen and oxygen atoms in total. The van der Waals surface area contributed by atoms with Crippen LogP contribution < -0.4 is 5.32 Å². The van der Waals surface area contributed by atoms with Gasteiger partial charge >= 0.3 is 0 Å². The number of pyridine rings is 1. The summed E-state index contributed by atoms with van der Waals surface area (Å²) < 4.78 is 2.12. The molecule has 26 heavy (non-hydrogen) atoms. The molecule has 0 radical (unpaired) electrons. The van der Waals surface area contributed by atoms with Gasteiger partial charge in [-0.25, -0.2) is 0 Å². The second-order valence-corrected chi connectivity index (χ2v) is 6.70. The normalized spacial score (nSPS) is 16.1. The number of hydrogen-bond donors (Lipinski definition) is 1. The van der Waals surface area contributed by atoms with Crippen LogP contribution in [0.3, 0.4) is 0 Å². The lowest BCUT2D eigenvalue weighted by Gasteiger charge is -2.25. The maximum absolute atomic E-state index is 12.4. The molecule has 0 saturated heterocycles. The van der Waals surface area contributed by atoms with Crippen LogP contribution in [-0.2, 0) is 24.2 Å². The van der Waals surface area contributed by atoms with E-state index < -0.39 is 0 Å². The predicted octanol–water partition coefficient (Wildman–Crippen LogP) is 2.32. The number of hydrogen-bond acceptors (Lipinski definition) is 4. The van der Waals surface area contributed by atoms with Crippen LogP contribution >= 0.6 is 0 Å². The first-order valence-electron chi connectivity index (χ1n) is 8.87. The number of carbonyl (C=O) groups is 1. The van der Waals surface area contributed by atoms with Crippen molar-refractivity contribution in [2.75, 3.05) is 0 Å². The Balaban J connectivity index is 1.44. The average molecular weight is 347 g/mol. The van der Waals surface area contributed by atoms with Crippen molar-refractivity contribution in [3.63, 3.8) is 0 Å². The summed E-state index contributed by atoms with van der Waals surface area (Å²) >= 11 is 0. The zero-order valence-corrected chi connectivity index (χ0v) is 14.7. The van der Waals surface area contributed by atoms with Crippen LogP contribution in [-0.4, -0.2) is 31.7 Å². The molecule has 3 heterocycles. The van der Waals surface area contributed by atoms with E-state index in [-0.39, 0.29) is 11.9 Å². The first-order valence-corrected chi connectivity index (χ1v) is 8.87. The van der Waals surface area contributed by atoms with E-state index in [0.717, 1.165) is 41.3 Å². The van der Waals surface area contributed by atoms with Crippen LogP contribution in [0.5, 0.6) is 0 Å². The van der Waals surface area contributed by atoms with Crippen molar-refractivity contribution in [1.29, 1.82) is 0 Å². The zero-order chi connectivity index (χ0) is 17.9. The van der Waals surface area contributed by atoms with Crippen LogP contribution in [0, 0.1) is 6.92 Å². The molecular weight excluding hydrogens is 326 g/mol. The second kappa shape index (κ2) is 7.07. The molecule has 0 fully saturated rings. The Morgan fingerprint density at radius 2 is 2.04 bits per heavy atom. The molecule has 0 aliphatic carbocycles. The van der Waals surface area contributed by atoms with E-state index in [2.05, 4.69) is 25.1 Å². The fourth-order valence-corrected chi connectivity index (χ4v) is 3.31. The largest absolute Gasteiger partial charge is 0.351 e. The van der Waals surface area contributed by atoms with E-state index in [9.17, 15) is 4.79 Å². The van der Waals surface area contributed by atoms with Gasteiger partial charge < -0.3 is 9.88 Å². The fraction of sp³-hybridized carbons (Fsp3) is 0.300. The van der Waals surface area contributed by atoms with Crippen molar-refractivity contribution in [3.8, 4) is 11.4 Å².